The molecule has 1 aliphatic heterocycles. The highest BCUT2D eigenvalue weighted by atomic mass is 35.5. The van der Waals surface area contributed by atoms with Crippen LogP contribution in [0.4, 0.5) is 11.6 Å². The number of nitrogens with zero attached hydrogens (tertiary/aromatic N) is 4. The van der Waals surface area contributed by atoms with Gasteiger partial charge >= 0.3 is 0 Å². The number of piperidine rings is 1. The number of benzene rings is 1. The van der Waals surface area contributed by atoms with E-state index >= 15 is 0 Å². The fourth-order valence-corrected chi connectivity index (χ4v) is 3.82. The van der Waals surface area contributed by atoms with Gasteiger partial charge in [-0.25, -0.2) is 0 Å². The van der Waals surface area contributed by atoms with Crippen LogP contribution in [0.2, 0.25) is 5.02 Å². The first-order chi connectivity index (χ1) is 14.1. The molecule has 3 heterocycles. The second-order valence-electron chi connectivity index (χ2n) is 6.89. The Morgan fingerprint density at radius 3 is 2.83 bits per heavy atom. The lowest BCUT2D eigenvalue weighted by molar-refractivity contribution is -0.120. The minimum absolute atomic E-state index is 0.0335. The van der Waals surface area contributed by atoms with Gasteiger partial charge in [0.25, 0.3) is 0 Å². The summed E-state index contributed by atoms with van der Waals surface area (Å²) in [4.78, 5) is 15.0. The van der Waals surface area contributed by atoms with E-state index in [1.807, 2.05) is 16.7 Å². The van der Waals surface area contributed by atoms with Crippen LogP contribution >= 0.6 is 11.6 Å². The van der Waals surface area contributed by atoms with Crippen molar-refractivity contribution in [1.82, 2.24) is 14.6 Å². The summed E-state index contributed by atoms with van der Waals surface area (Å²) in [5.74, 6) is 1.69. The van der Waals surface area contributed by atoms with Crippen molar-refractivity contribution >= 4 is 34.8 Å². The molecular formula is C20H22ClN5O3. The summed E-state index contributed by atoms with van der Waals surface area (Å²) >= 11 is 6.20. The molecular weight excluding hydrogens is 394 g/mol. The summed E-state index contributed by atoms with van der Waals surface area (Å²) in [5, 5.41) is 12.0. The number of halogens is 1. The van der Waals surface area contributed by atoms with Gasteiger partial charge in [-0.05, 0) is 37.1 Å². The fourth-order valence-electron chi connectivity index (χ4n) is 3.62. The summed E-state index contributed by atoms with van der Waals surface area (Å²) in [7, 11) is 3.14. The Hall–Kier alpha value is -3.00. The number of rotatable bonds is 5. The smallest absolute Gasteiger partial charge is 0.231 e. The van der Waals surface area contributed by atoms with E-state index in [4.69, 9.17) is 21.1 Å². The van der Waals surface area contributed by atoms with Gasteiger partial charge in [0.1, 0.15) is 0 Å². The Morgan fingerprint density at radius 1 is 1.21 bits per heavy atom. The van der Waals surface area contributed by atoms with Crippen molar-refractivity contribution in [2.75, 3.05) is 37.5 Å². The van der Waals surface area contributed by atoms with Gasteiger partial charge in [-0.15, -0.1) is 10.2 Å². The molecule has 0 saturated carbocycles. The number of anilines is 2. The summed E-state index contributed by atoms with van der Waals surface area (Å²) in [6.07, 6.45) is 3.58. The van der Waals surface area contributed by atoms with E-state index in [2.05, 4.69) is 20.4 Å². The van der Waals surface area contributed by atoms with Gasteiger partial charge in [0.05, 0.1) is 25.2 Å². The SMILES string of the molecule is COc1ccc(NC(=O)C2CCCN(c3nnc4c(Cl)cccn34)C2)cc1OC. The molecule has 0 radical (unpaired) electrons. The van der Waals surface area contributed by atoms with Crippen molar-refractivity contribution in [3.63, 3.8) is 0 Å². The lowest BCUT2D eigenvalue weighted by Gasteiger charge is -2.32. The summed E-state index contributed by atoms with van der Waals surface area (Å²) in [6.45, 7) is 1.37. The zero-order valence-electron chi connectivity index (χ0n) is 16.3. The fraction of sp³-hybridized carbons (Fsp3) is 0.350. The summed E-state index contributed by atoms with van der Waals surface area (Å²) in [5.41, 5.74) is 1.28. The molecule has 1 unspecified atom stereocenters. The van der Waals surface area contributed by atoms with Crippen LogP contribution in [0.5, 0.6) is 11.5 Å². The molecule has 29 heavy (non-hydrogen) atoms. The molecule has 3 aromatic rings. The highest BCUT2D eigenvalue weighted by Crippen LogP contribution is 2.31. The lowest BCUT2D eigenvalue weighted by atomic mass is 9.97. The third kappa shape index (κ3) is 3.80. The monoisotopic (exact) mass is 415 g/mol. The maximum absolute atomic E-state index is 12.9. The van der Waals surface area contributed by atoms with E-state index < -0.39 is 0 Å². The van der Waals surface area contributed by atoms with Crippen molar-refractivity contribution < 1.29 is 14.3 Å². The van der Waals surface area contributed by atoms with Crippen molar-refractivity contribution in [3.8, 4) is 11.5 Å². The number of aromatic nitrogens is 3. The molecule has 2 aromatic heterocycles. The Morgan fingerprint density at radius 2 is 2.03 bits per heavy atom. The van der Waals surface area contributed by atoms with Gasteiger partial charge in [0, 0.05) is 31.0 Å². The number of nitrogens with one attached hydrogen (secondary N) is 1. The molecule has 1 fully saturated rings. The van der Waals surface area contributed by atoms with E-state index in [1.165, 1.54) is 0 Å². The topological polar surface area (TPSA) is 81.0 Å². The van der Waals surface area contributed by atoms with Gasteiger partial charge < -0.3 is 19.7 Å². The molecule has 1 saturated heterocycles. The van der Waals surface area contributed by atoms with Crippen molar-refractivity contribution in [2.45, 2.75) is 12.8 Å². The van der Waals surface area contributed by atoms with E-state index in [0.717, 1.165) is 19.4 Å². The standard InChI is InChI=1S/C20H22ClN5O3/c1-28-16-8-7-14(11-17(16)29-2)22-19(27)13-5-3-9-25(12-13)20-24-23-18-15(21)6-4-10-26(18)20/h4,6-8,10-11,13H,3,5,9,12H2,1-2H3,(H,22,27). The largest absolute Gasteiger partial charge is 0.493 e. The number of fused-ring (bicyclic) bond motifs is 1. The van der Waals surface area contributed by atoms with E-state index in [1.54, 1.807) is 38.5 Å². The molecule has 152 valence electrons. The number of amides is 1. The predicted octanol–water partition coefficient (Wildman–Crippen LogP) is 3.26. The molecule has 1 amide bonds. The number of hydrogen-bond donors (Lipinski definition) is 1. The van der Waals surface area contributed by atoms with Crippen molar-refractivity contribution in [1.29, 1.82) is 0 Å². The maximum Gasteiger partial charge on any atom is 0.231 e. The average Bonchev–Trinajstić information content (AvgIpc) is 3.19. The molecule has 0 bridgehead atoms. The second kappa shape index (κ2) is 8.16. The quantitative estimate of drug-likeness (QED) is 0.688. The first kappa shape index (κ1) is 19.3. The zero-order valence-corrected chi connectivity index (χ0v) is 17.0. The van der Waals surface area contributed by atoms with Crippen LogP contribution in [0.1, 0.15) is 12.8 Å². The molecule has 4 rings (SSSR count). The van der Waals surface area contributed by atoms with Gasteiger partial charge in [-0.2, -0.15) is 0 Å². The van der Waals surface area contributed by atoms with Crippen LogP contribution < -0.4 is 19.7 Å². The Balaban J connectivity index is 1.49. The number of ether oxygens (including phenoxy) is 2. The van der Waals surface area contributed by atoms with Crippen molar-refractivity contribution in [2.24, 2.45) is 5.92 Å². The molecule has 0 spiro atoms. The van der Waals surface area contributed by atoms with Crippen LogP contribution in [0.15, 0.2) is 36.5 Å². The molecule has 8 nitrogen and oxygen atoms in total. The first-order valence-corrected chi connectivity index (χ1v) is 9.75. The van der Waals surface area contributed by atoms with E-state index in [9.17, 15) is 4.79 Å². The normalized spacial score (nSPS) is 16.7. The predicted molar refractivity (Wildman–Crippen MR) is 111 cm³/mol. The third-order valence-corrected chi connectivity index (χ3v) is 5.39. The van der Waals surface area contributed by atoms with Gasteiger partial charge in [-0.3, -0.25) is 9.20 Å². The number of methoxy groups -OCH3 is 2. The van der Waals surface area contributed by atoms with Crippen LogP contribution in [0.3, 0.4) is 0 Å². The Kier molecular flexibility index (Phi) is 5.44. The number of carbonyl (C=O) groups excluding carboxylic acids is 1. The molecule has 0 aliphatic carbocycles. The van der Waals surface area contributed by atoms with E-state index in [-0.39, 0.29) is 11.8 Å². The highest BCUT2D eigenvalue weighted by molar-refractivity contribution is 6.33. The molecule has 1 aromatic carbocycles. The number of carbonyl (C=O) groups is 1. The molecule has 9 heteroatoms. The van der Waals surface area contributed by atoms with Crippen molar-refractivity contribution in [3.05, 3.63) is 41.6 Å². The zero-order chi connectivity index (χ0) is 20.4. The minimum Gasteiger partial charge on any atom is -0.493 e. The number of pyridine rings is 1. The third-order valence-electron chi connectivity index (χ3n) is 5.10. The van der Waals surface area contributed by atoms with Crippen LogP contribution in [-0.4, -0.2) is 47.8 Å². The van der Waals surface area contributed by atoms with Gasteiger partial charge in [-0.1, -0.05) is 11.6 Å². The number of hydrogen-bond acceptors (Lipinski definition) is 6. The second-order valence-corrected chi connectivity index (χ2v) is 7.30. The highest BCUT2D eigenvalue weighted by Gasteiger charge is 2.28. The summed E-state index contributed by atoms with van der Waals surface area (Å²) in [6, 6.07) is 8.96. The average molecular weight is 416 g/mol. The van der Waals surface area contributed by atoms with Crippen LogP contribution in [-0.2, 0) is 4.79 Å². The van der Waals surface area contributed by atoms with E-state index in [0.29, 0.717) is 40.3 Å². The Labute approximate surface area is 173 Å². The minimum atomic E-state index is -0.164. The van der Waals surface area contributed by atoms with Crippen LogP contribution in [0, 0.1) is 5.92 Å². The van der Waals surface area contributed by atoms with Gasteiger partial charge in [0.15, 0.2) is 17.1 Å². The van der Waals surface area contributed by atoms with Gasteiger partial charge in [0.2, 0.25) is 11.9 Å². The first-order valence-electron chi connectivity index (χ1n) is 9.38. The Bertz CT molecular complexity index is 1040. The van der Waals surface area contributed by atoms with Crippen LogP contribution in [0.25, 0.3) is 5.65 Å². The molecule has 1 N–H and O–H groups in total. The summed E-state index contributed by atoms with van der Waals surface area (Å²) < 4.78 is 12.4. The molecule has 1 aliphatic rings. The molecule has 1 atom stereocenters. The maximum atomic E-state index is 12.9. The lowest BCUT2D eigenvalue weighted by Crippen LogP contribution is -2.41.